The number of carbonyl (C=O) groups excluding carboxylic acids is 1. The van der Waals surface area contributed by atoms with Crippen LogP contribution >= 0.6 is 11.8 Å². The zero-order chi connectivity index (χ0) is 12.8. The SMILES string of the molecule is O=C(SC(F)Cc1ccccc1)c1ccccc1. The molecule has 0 radical (unpaired) electrons. The van der Waals surface area contributed by atoms with Crippen molar-refractivity contribution in [2.24, 2.45) is 0 Å². The molecule has 2 rings (SSSR count). The Morgan fingerprint density at radius 1 is 1.00 bits per heavy atom. The topological polar surface area (TPSA) is 17.1 Å². The summed E-state index contributed by atoms with van der Waals surface area (Å²) >= 11 is 0.742. The molecule has 18 heavy (non-hydrogen) atoms. The quantitative estimate of drug-likeness (QED) is 0.823. The number of thioether (sulfide) groups is 1. The average molecular weight is 260 g/mol. The van der Waals surface area contributed by atoms with E-state index in [0.717, 1.165) is 17.3 Å². The van der Waals surface area contributed by atoms with Crippen LogP contribution in [0, 0.1) is 0 Å². The summed E-state index contributed by atoms with van der Waals surface area (Å²) in [6.45, 7) is 0. The van der Waals surface area contributed by atoms with E-state index in [1.165, 1.54) is 0 Å². The fourth-order valence-electron chi connectivity index (χ4n) is 1.60. The maximum Gasteiger partial charge on any atom is 0.222 e. The number of alkyl halides is 1. The molecule has 0 aliphatic carbocycles. The van der Waals surface area contributed by atoms with Crippen molar-refractivity contribution in [3.63, 3.8) is 0 Å². The van der Waals surface area contributed by atoms with Gasteiger partial charge in [0.05, 0.1) is 0 Å². The minimum atomic E-state index is -1.21. The van der Waals surface area contributed by atoms with Crippen LogP contribution in [0.4, 0.5) is 4.39 Å². The smallest absolute Gasteiger partial charge is 0.222 e. The highest BCUT2D eigenvalue weighted by Crippen LogP contribution is 2.22. The second-order valence-electron chi connectivity index (χ2n) is 3.87. The summed E-state index contributed by atoms with van der Waals surface area (Å²) in [5, 5.41) is -0.223. The molecule has 3 heteroatoms. The van der Waals surface area contributed by atoms with Gasteiger partial charge < -0.3 is 0 Å². The Hall–Kier alpha value is -1.61. The van der Waals surface area contributed by atoms with Crippen molar-refractivity contribution in [2.45, 2.75) is 11.9 Å². The van der Waals surface area contributed by atoms with Gasteiger partial charge >= 0.3 is 0 Å². The molecule has 1 unspecified atom stereocenters. The molecule has 2 aromatic rings. The molecule has 92 valence electrons. The van der Waals surface area contributed by atoms with Crippen LogP contribution in [-0.4, -0.2) is 10.6 Å². The van der Waals surface area contributed by atoms with Crippen molar-refractivity contribution < 1.29 is 9.18 Å². The fraction of sp³-hybridized carbons (Fsp3) is 0.133. The van der Waals surface area contributed by atoms with E-state index in [0.29, 0.717) is 5.56 Å². The summed E-state index contributed by atoms with van der Waals surface area (Å²) < 4.78 is 13.8. The first kappa shape index (κ1) is 12.8. The van der Waals surface area contributed by atoms with Crippen molar-refractivity contribution in [1.82, 2.24) is 0 Å². The number of benzene rings is 2. The van der Waals surface area contributed by atoms with Crippen molar-refractivity contribution >= 4 is 16.9 Å². The minimum absolute atomic E-state index is 0.223. The third-order valence-electron chi connectivity index (χ3n) is 2.48. The van der Waals surface area contributed by atoms with Gasteiger partial charge in [0.25, 0.3) is 0 Å². The standard InChI is InChI=1S/C15H13FOS/c16-14(11-12-7-3-1-4-8-12)18-15(17)13-9-5-2-6-10-13/h1-10,14H,11H2. The third kappa shape index (κ3) is 3.70. The zero-order valence-electron chi connectivity index (χ0n) is 9.75. The predicted molar refractivity (Wildman–Crippen MR) is 73.4 cm³/mol. The first-order chi connectivity index (χ1) is 8.75. The van der Waals surface area contributed by atoms with Crippen LogP contribution in [0.15, 0.2) is 60.7 Å². The van der Waals surface area contributed by atoms with Crippen LogP contribution < -0.4 is 0 Å². The third-order valence-corrected chi connectivity index (χ3v) is 3.36. The van der Waals surface area contributed by atoms with Crippen LogP contribution in [0.1, 0.15) is 15.9 Å². The van der Waals surface area contributed by atoms with Gasteiger partial charge in [-0.25, -0.2) is 4.39 Å². The summed E-state index contributed by atoms with van der Waals surface area (Å²) in [6, 6.07) is 18.1. The predicted octanol–water partition coefficient (Wildman–Crippen LogP) is 4.10. The van der Waals surface area contributed by atoms with E-state index in [2.05, 4.69) is 0 Å². The van der Waals surface area contributed by atoms with Crippen molar-refractivity contribution in [2.75, 3.05) is 0 Å². The molecule has 0 bridgehead atoms. The molecule has 0 heterocycles. The summed E-state index contributed by atoms with van der Waals surface area (Å²) in [5.41, 5.74) is 0.233. The number of hydrogen-bond acceptors (Lipinski definition) is 2. The lowest BCUT2D eigenvalue weighted by Gasteiger charge is -2.07. The van der Waals surface area contributed by atoms with E-state index in [-0.39, 0.29) is 11.5 Å². The summed E-state index contributed by atoms with van der Waals surface area (Å²) in [4.78, 5) is 11.8. The van der Waals surface area contributed by atoms with Gasteiger partial charge in [0, 0.05) is 12.0 Å². The molecule has 0 aromatic heterocycles. The van der Waals surface area contributed by atoms with Crippen molar-refractivity contribution in [3.8, 4) is 0 Å². The fourth-order valence-corrected chi connectivity index (χ4v) is 2.38. The monoisotopic (exact) mass is 260 g/mol. The zero-order valence-corrected chi connectivity index (χ0v) is 10.6. The van der Waals surface area contributed by atoms with Crippen LogP contribution in [0.2, 0.25) is 0 Å². The molecule has 0 aliphatic heterocycles. The normalized spacial score (nSPS) is 12.1. The summed E-state index contributed by atoms with van der Waals surface area (Å²) in [7, 11) is 0. The molecule has 1 nitrogen and oxygen atoms in total. The van der Waals surface area contributed by atoms with E-state index >= 15 is 0 Å². The summed E-state index contributed by atoms with van der Waals surface area (Å²) in [6.07, 6.45) is 0.254. The van der Waals surface area contributed by atoms with E-state index in [1.807, 2.05) is 36.4 Å². The van der Waals surface area contributed by atoms with Gasteiger partial charge in [-0.1, -0.05) is 60.7 Å². The first-order valence-electron chi connectivity index (χ1n) is 5.70. The van der Waals surface area contributed by atoms with Gasteiger partial charge in [0.15, 0.2) is 5.50 Å². The Kier molecular flexibility index (Phi) is 4.53. The Bertz CT molecular complexity index is 498. The van der Waals surface area contributed by atoms with E-state index in [1.54, 1.807) is 24.3 Å². The second-order valence-corrected chi connectivity index (χ2v) is 4.99. The second kappa shape index (κ2) is 6.36. The lowest BCUT2D eigenvalue weighted by molar-refractivity contribution is 0.108. The largest absolute Gasteiger partial charge is 0.281 e. The average Bonchev–Trinajstić information content (AvgIpc) is 2.40. The molecule has 0 aliphatic rings. The molecule has 0 saturated carbocycles. The van der Waals surface area contributed by atoms with E-state index in [9.17, 15) is 9.18 Å². The van der Waals surface area contributed by atoms with E-state index < -0.39 is 5.50 Å². The Morgan fingerprint density at radius 2 is 1.56 bits per heavy atom. The van der Waals surface area contributed by atoms with Gasteiger partial charge in [0.1, 0.15) is 0 Å². The lowest BCUT2D eigenvalue weighted by Crippen LogP contribution is -2.04. The van der Waals surface area contributed by atoms with Gasteiger partial charge in [-0.15, -0.1) is 0 Å². The molecule has 0 fully saturated rings. The molecule has 0 spiro atoms. The van der Waals surface area contributed by atoms with Crippen molar-refractivity contribution in [1.29, 1.82) is 0 Å². The van der Waals surface area contributed by atoms with Crippen LogP contribution in [-0.2, 0) is 6.42 Å². The maximum absolute atomic E-state index is 13.8. The molecule has 0 N–H and O–H groups in total. The van der Waals surface area contributed by atoms with E-state index in [4.69, 9.17) is 0 Å². The van der Waals surface area contributed by atoms with Gasteiger partial charge in [-0.05, 0) is 17.3 Å². The first-order valence-corrected chi connectivity index (χ1v) is 6.57. The van der Waals surface area contributed by atoms with Crippen molar-refractivity contribution in [3.05, 3.63) is 71.8 Å². The molecule has 2 aromatic carbocycles. The number of carbonyl (C=O) groups is 1. The molecular weight excluding hydrogens is 247 g/mol. The van der Waals surface area contributed by atoms with Crippen LogP contribution in [0.3, 0.4) is 0 Å². The number of halogens is 1. The highest BCUT2D eigenvalue weighted by Gasteiger charge is 2.15. The van der Waals surface area contributed by atoms with Gasteiger partial charge in [0.2, 0.25) is 5.12 Å². The lowest BCUT2D eigenvalue weighted by atomic mass is 10.2. The summed E-state index contributed by atoms with van der Waals surface area (Å²) in [5.74, 6) is 0. The van der Waals surface area contributed by atoms with Crippen LogP contribution in [0.5, 0.6) is 0 Å². The van der Waals surface area contributed by atoms with Gasteiger partial charge in [-0.3, -0.25) is 4.79 Å². The molecule has 1 atom stereocenters. The number of rotatable bonds is 4. The molecule has 0 amide bonds. The number of hydrogen-bond donors (Lipinski definition) is 0. The molecule has 0 saturated heterocycles. The molecular formula is C15H13FOS. The minimum Gasteiger partial charge on any atom is -0.281 e. The Morgan fingerprint density at radius 3 is 2.17 bits per heavy atom. The van der Waals surface area contributed by atoms with Gasteiger partial charge in [-0.2, -0.15) is 0 Å². The maximum atomic E-state index is 13.8. The highest BCUT2D eigenvalue weighted by atomic mass is 32.2. The Labute approximate surface area is 110 Å². The Balaban J connectivity index is 1.92. The highest BCUT2D eigenvalue weighted by molar-refractivity contribution is 8.14. The van der Waals surface area contributed by atoms with Crippen LogP contribution in [0.25, 0.3) is 0 Å².